The molecule has 0 N–H and O–H groups in total. The Labute approximate surface area is 130 Å². The van der Waals surface area contributed by atoms with Crippen LogP contribution in [0.25, 0.3) is 0 Å². The SMILES string of the molecule is Cc1nn(CCC(=O)N2C(C)CCCC2C)c(C)c1[N+](=O)[O-]. The van der Waals surface area contributed by atoms with E-state index in [1.807, 2.05) is 4.90 Å². The molecule has 2 unspecified atom stereocenters. The number of hydrogen-bond acceptors (Lipinski definition) is 4. The second-order valence-electron chi connectivity index (χ2n) is 6.18. The molecule has 0 bridgehead atoms. The smallest absolute Gasteiger partial charge is 0.312 e. The molecule has 7 heteroatoms. The van der Waals surface area contributed by atoms with Crippen LogP contribution in [0.1, 0.15) is 50.9 Å². The van der Waals surface area contributed by atoms with Gasteiger partial charge >= 0.3 is 5.69 Å². The molecule has 2 heterocycles. The number of amides is 1. The Hall–Kier alpha value is -1.92. The maximum absolute atomic E-state index is 12.5. The van der Waals surface area contributed by atoms with Crippen molar-refractivity contribution in [2.45, 2.75) is 72.0 Å². The van der Waals surface area contributed by atoms with Gasteiger partial charge in [0, 0.05) is 18.5 Å². The molecule has 1 aromatic heterocycles. The summed E-state index contributed by atoms with van der Waals surface area (Å²) in [4.78, 5) is 25.0. The van der Waals surface area contributed by atoms with Gasteiger partial charge in [0.2, 0.25) is 5.91 Å². The highest BCUT2D eigenvalue weighted by atomic mass is 16.6. The van der Waals surface area contributed by atoms with Gasteiger partial charge in [0.25, 0.3) is 0 Å². The van der Waals surface area contributed by atoms with Crippen molar-refractivity contribution in [2.24, 2.45) is 0 Å². The van der Waals surface area contributed by atoms with E-state index < -0.39 is 4.92 Å². The summed E-state index contributed by atoms with van der Waals surface area (Å²) in [5.74, 6) is 0.106. The summed E-state index contributed by atoms with van der Waals surface area (Å²) in [6.07, 6.45) is 3.58. The van der Waals surface area contributed by atoms with Crippen molar-refractivity contribution in [1.29, 1.82) is 0 Å². The van der Waals surface area contributed by atoms with E-state index in [-0.39, 0.29) is 23.7 Å². The normalized spacial score (nSPS) is 21.9. The number of likely N-dealkylation sites (tertiary alicyclic amines) is 1. The van der Waals surface area contributed by atoms with E-state index in [2.05, 4.69) is 18.9 Å². The van der Waals surface area contributed by atoms with Crippen molar-refractivity contribution in [3.8, 4) is 0 Å². The first-order chi connectivity index (χ1) is 10.3. The quantitative estimate of drug-likeness (QED) is 0.632. The topological polar surface area (TPSA) is 81.3 Å². The van der Waals surface area contributed by atoms with Gasteiger partial charge in [-0.2, -0.15) is 5.10 Å². The Bertz CT molecular complexity index is 572. The van der Waals surface area contributed by atoms with Gasteiger partial charge in [-0.3, -0.25) is 19.6 Å². The Morgan fingerprint density at radius 1 is 1.32 bits per heavy atom. The third-order valence-electron chi connectivity index (χ3n) is 4.54. The fourth-order valence-electron chi connectivity index (χ4n) is 3.41. The van der Waals surface area contributed by atoms with Crippen molar-refractivity contribution in [1.82, 2.24) is 14.7 Å². The van der Waals surface area contributed by atoms with Crippen LogP contribution in [0.4, 0.5) is 5.69 Å². The van der Waals surface area contributed by atoms with E-state index in [1.54, 1.807) is 18.5 Å². The van der Waals surface area contributed by atoms with Crippen LogP contribution < -0.4 is 0 Å². The van der Waals surface area contributed by atoms with E-state index in [4.69, 9.17) is 0 Å². The lowest BCUT2D eigenvalue weighted by Gasteiger charge is -2.39. The fourth-order valence-corrected chi connectivity index (χ4v) is 3.41. The number of aromatic nitrogens is 2. The van der Waals surface area contributed by atoms with Crippen LogP contribution in [-0.2, 0) is 11.3 Å². The zero-order valence-corrected chi connectivity index (χ0v) is 13.7. The summed E-state index contributed by atoms with van der Waals surface area (Å²) in [6, 6.07) is 0.539. The van der Waals surface area contributed by atoms with Crippen molar-refractivity contribution >= 4 is 11.6 Å². The molecule has 1 aliphatic heterocycles. The Morgan fingerprint density at radius 3 is 2.41 bits per heavy atom. The van der Waals surface area contributed by atoms with E-state index >= 15 is 0 Å². The van der Waals surface area contributed by atoms with Gasteiger partial charge in [0.05, 0.1) is 11.5 Å². The van der Waals surface area contributed by atoms with Gasteiger partial charge in [-0.15, -0.1) is 0 Å². The zero-order valence-electron chi connectivity index (χ0n) is 13.7. The van der Waals surface area contributed by atoms with Crippen LogP contribution in [0, 0.1) is 24.0 Å². The summed E-state index contributed by atoms with van der Waals surface area (Å²) >= 11 is 0. The minimum atomic E-state index is -0.412. The van der Waals surface area contributed by atoms with Crippen LogP contribution in [0.5, 0.6) is 0 Å². The molecule has 0 radical (unpaired) electrons. The predicted octanol–water partition coefficient (Wildman–Crippen LogP) is 2.59. The number of nitrogens with zero attached hydrogens (tertiary/aromatic N) is 4. The number of carbonyl (C=O) groups is 1. The molecule has 1 aliphatic rings. The van der Waals surface area contributed by atoms with Crippen LogP contribution in [-0.4, -0.2) is 37.6 Å². The van der Waals surface area contributed by atoms with Gasteiger partial charge < -0.3 is 4.90 Å². The summed E-state index contributed by atoms with van der Waals surface area (Å²) in [7, 11) is 0. The molecule has 1 fully saturated rings. The maximum Gasteiger partial charge on any atom is 0.312 e. The second kappa shape index (κ2) is 6.46. The monoisotopic (exact) mass is 308 g/mol. The zero-order chi connectivity index (χ0) is 16.4. The van der Waals surface area contributed by atoms with Crippen molar-refractivity contribution in [3.05, 3.63) is 21.5 Å². The molecule has 7 nitrogen and oxygen atoms in total. The number of hydrogen-bond donors (Lipinski definition) is 0. The molecular weight excluding hydrogens is 284 g/mol. The molecule has 1 aromatic rings. The molecule has 0 aliphatic carbocycles. The molecular formula is C15H24N4O3. The van der Waals surface area contributed by atoms with Crippen molar-refractivity contribution in [3.63, 3.8) is 0 Å². The second-order valence-corrected chi connectivity index (χ2v) is 6.18. The summed E-state index contributed by atoms with van der Waals surface area (Å²) in [5, 5.41) is 15.2. The highest BCUT2D eigenvalue weighted by molar-refractivity contribution is 5.76. The number of piperidine rings is 1. The Balaban J connectivity index is 2.05. The maximum atomic E-state index is 12.5. The minimum absolute atomic E-state index is 0.0483. The first-order valence-electron chi connectivity index (χ1n) is 7.82. The largest absolute Gasteiger partial charge is 0.337 e. The Morgan fingerprint density at radius 2 is 1.91 bits per heavy atom. The third-order valence-corrected chi connectivity index (χ3v) is 4.54. The van der Waals surface area contributed by atoms with Gasteiger partial charge in [-0.1, -0.05) is 0 Å². The first kappa shape index (κ1) is 16.5. The molecule has 1 saturated heterocycles. The molecule has 1 amide bonds. The molecule has 0 saturated carbocycles. The highest BCUT2D eigenvalue weighted by Gasteiger charge is 2.29. The number of carbonyl (C=O) groups excluding carboxylic acids is 1. The summed E-state index contributed by atoms with van der Waals surface area (Å²) in [5.41, 5.74) is 0.955. The van der Waals surface area contributed by atoms with E-state index in [0.717, 1.165) is 19.3 Å². The molecule has 2 atom stereocenters. The molecule has 0 spiro atoms. The van der Waals surface area contributed by atoms with Crippen LogP contribution in [0.15, 0.2) is 0 Å². The minimum Gasteiger partial charge on any atom is -0.337 e. The van der Waals surface area contributed by atoms with Crippen LogP contribution in [0.2, 0.25) is 0 Å². The standard InChI is InChI=1S/C15H24N4O3/c1-10-6-5-7-11(2)18(10)14(20)8-9-17-13(4)15(19(21)22)12(3)16-17/h10-11H,5-9H2,1-4H3. The van der Waals surface area contributed by atoms with E-state index in [0.29, 0.717) is 24.4 Å². The summed E-state index contributed by atoms with van der Waals surface area (Å²) < 4.78 is 1.57. The summed E-state index contributed by atoms with van der Waals surface area (Å²) in [6.45, 7) is 7.85. The average Bonchev–Trinajstić information content (AvgIpc) is 2.70. The predicted molar refractivity (Wildman–Crippen MR) is 82.6 cm³/mol. The van der Waals surface area contributed by atoms with Gasteiger partial charge in [-0.25, -0.2) is 0 Å². The van der Waals surface area contributed by atoms with Crippen LogP contribution >= 0.6 is 0 Å². The van der Waals surface area contributed by atoms with E-state index in [9.17, 15) is 14.9 Å². The van der Waals surface area contributed by atoms with Crippen molar-refractivity contribution < 1.29 is 9.72 Å². The third kappa shape index (κ3) is 3.13. The highest BCUT2D eigenvalue weighted by Crippen LogP contribution is 2.24. The fraction of sp³-hybridized carbons (Fsp3) is 0.733. The van der Waals surface area contributed by atoms with E-state index in [1.165, 1.54) is 0 Å². The molecule has 122 valence electrons. The van der Waals surface area contributed by atoms with Crippen molar-refractivity contribution in [2.75, 3.05) is 0 Å². The lowest BCUT2D eigenvalue weighted by molar-refractivity contribution is -0.386. The van der Waals surface area contributed by atoms with Gasteiger partial charge in [-0.05, 0) is 47.0 Å². The van der Waals surface area contributed by atoms with Gasteiger partial charge in [0.15, 0.2) is 0 Å². The lowest BCUT2D eigenvalue weighted by Crippen LogP contribution is -2.47. The first-order valence-corrected chi connectivity index (χ1v) is 7.82. The molecule has 0 aromatic carbocycles. The number of aryl methyl sites for hydroxylation is 2. The number of rotatable bonds is 4. The molecule has 2 rings (SSSR count). The average molecular weight is 308 g/mol. The molecule has 22 heavy (non-hydrogen) atoms. The van der Waals surface area contributed by atoms with Gasteiger partial charge in [0.1, 0.15) is 11.4 Å². The lowest BCUT2D eigenvalue weighted by atomic mass is 9.97. The van der Waals surface area contributed by atoms with Crippen LogP contribution in [0.3, 0.4) is 0 Å². The Kier molecular flexibility index (Phi) is 4.83. The number of nitro groups is 1.